The van der Waals surface area contributed by atoms with Gasteiger partial charge in [0, 0.05) is 36.4 Å². The zero-order valence-electron chi connectivity index (χ0n) is 14.0. The first kappa shape index (κ1) is 15.9. The molecule has 1 fully saturated rings. The monoisotopic (exact) mass is 343 g/mol. The molecular formula is C18H19F2N5. The Hall–Kier alpha value is -2.57. The smallest absolute Gasteiger partial charge is 0.185 e. The number of hydrogen-bond acceptors (Lipinski definition) is 4. The number of benzene rings is 1. The van der Waals surface area contributed by atoms with E-state index in [2.05, 4.69) is 20.0 Å². The highest BCUT2D eigenvalue weighted by molar-refractivity contribution is 5.92. The largest absolute Gasteiger partial charge is 0.371 e. The number of hydrogen-bond donors (Lipinski definition) is 0. The predicted octanol–water partition coefficient (Wildman–Crippen LogP) is 3.33. The molecule has 7 heteroatoms. The summed E-state index contributed by atoms with van der Waals surface area (Å²) in [7, 11) is 0. The van der Waals surface area contributed by atoms with Crippen molar-refractivity contribution in [3.63, 3.8) is 0 Å². The lowest BCUT2D eigenvalue weighted by Gasteiger charge is -2.34. The molecule has 0 amide bonds. The molecule has 3 aromatic rings. The molecule has 0 unspecified atom stereocenters. The summed E-state index contributed by atoms with van der Waals surface area (Å²) in [6.07, 6.45) is 5.33. The van der Waals surface area contributed by atoms with Crippen molar-refractivity contribution in [1.82, 2.24) is 19.7 Å². The minimum atomic E-state index is -0.872. The Bertz CT molecular complexity index is 886. The lowest BCUT2D eigenvalue weighted by molar-refractivity contribution is 0.342. The third-order valence-electron chi connectivity index (χ3n) is 4.85. The maximum Gasteiger partial charge on any atom is 0.185 e. The molecule has 2 aromatic heterocycles. The van der Waals surface area contributed by atoms with E-state index < -0.39 is 11.6 Å². The topological polar surface area (TPSA) is 46.8 Å². The fraction of sp³-hybridized carbons (Fsp3) is 0.389. The zero-order chi connectivity index (χ0) is 17.4. The Balaban J connectivity index is 1.58. The number of pyridine rings is 1. The fourth-order valence-corrected chi connectivity index (χ4v) is 3.55. The van der Waals surface area contributed by atoms with E-state index in [1.54, 1.807) is 18.7 Å². The van der Waals surface area contributed by atoms with Crippen LogP contribution in [0.15, 0.2) is 30.9 Å². The summed E-state index contributed by atoms with van der Waals surface area (Å²) in [5, 5.41) is 4.83. The minimum absolute atomic E-state index is 0.111. The highest BCUT2D eigenvalue weighted by atomic mass is 19.2. The van der Waals surface area contributed by atoms with Gasteiger partial charge in [-0.25, -0.2) is 18.7 Å². The molecule has 3 heterocycles. The molecule has 1 aromatic carbocycles. The van der Waals surface area contributed by atoms with Crippen molar-refractivity contribution in [1.29, 1.82) is 0 Å². The first-order chi connectivity index (χ1) is 12.1. The van der Waals surface area contributed by atoms with Crippen molar-refractivity contribution >= 4 is 16.6 Å². The number of fused-ring (bicyclic) bond motifs is 1. The SMILES string of the molecule is Cc1cc(N2CCC(Cn3cncn3)CC2)c2ccc(F)c(F)c2n1. The Morgan fingerprint density at radius 3 is 2.72 bits per heavy atom. The normalized spacial score (nSPS) is 15.9. The van der Waals surface area contributed by atoms with Crippen molar-refractivity contribution in [2.75, 3.05) is 18.0 Å². The van der Waals surface area contributed by atoms with Gasteiger partial charge in [0.05, 0.1) is 0 Å². The van der Waals surface area contributed by atoms with Crippen LogP contribution in [0.3, 0.4) is 0 Å². The van der Waals surface area contributed by atoms with Crippen LogP contribution >= 0.6 is 0 Å². The van der Waals surface area contributed by atoms with Gasteiger partial charge in [0.25, 0.3) is 0 Å². The molecule has 5 nitrogen and oxygen atoms in total. The molecule has 130 valence electrons. The second-order valence-electron chi connectivity index (χ2n) is 6.59. The average Bonchev–Trinajstić information content (AvgIpc) is 3.12. The first-order valence-corrected chi connectivity index (χ1v) is 8.44. The lowest BCUT2D eigenvalue weighted by Crippen LogP contribution is -2.35. The van der Waals surface area contributed by atoms with Gasteiger partial charge in [0.15, 0.2) is 11.6 Å². The van der Waals surface area contributed by atoms with Crippen molar-refractivity contribution in [3.8, 4) is 0 Å². The van der Waals surface area contributed by atoms with Gasteiger partial charge in [0.2, 0.25) is 0 Å². The minimum Gasteiger partial charge on any atom is -0.371 e. The average molecular weight is 343 g/mol. The lowest BCUT2D eigenvalue weighted by atomic mass is 9.96. The van der Waals surface area contributed by atoms with Crippen molar-refractivity contribution in [2.24, 2.45) is 5.92 Å². The molecule has 1 saturated heterocycles. The first-order valence-electron chi connectivity index (χ1n) is 8.44. The fourth-order valence-electron chi connectivity index (χ4n) is 3.55. The van der Waals surface area contributed by atoms with Crippen LogP contribution < -0.4 is 4.90 Å². The summed E-state index contributed by atoms with van der Waals surface area (Å²) < 4.78 is 29.5. The van der Waals surface area contributed by atoms with Gasteiger partial charge < -0.3 is 4.90 Å². The van der Waals surface area contributed by atoms with Gasteiger partial charge in [-0.2, -0.15) is 5.10 Å². The van der Waals surface area contributed by atoms with Crippen LogP contribution in [-0.2, 0) is 6.54 Å². The van der Waals surface area contributed by atoms with Gasteiger partial charge in [-0.15, -0.1) is 0 Å². The number of nitrogens with zero attached hydrogens (tertiary/aromatic N) is 5. The van der Waals surface area contributed by atoms with Crippen LogP contribution in [0.5, 0.6) is 0 Å². The van der Waals surface area contributed by atoms with E-state index >= 15 is 0 Å². The van der Waals surface area contributed by atoms with Crippen molar-refractivity contribution < 1.29 is 8.78 Å². The molecule has 0 bridgehead atoms. The molecule has 0 N–H and O–H groups in total. The highest BCUT2D eigenvalue weighted by Crippen LogP contribution is 2.32. The van der Waals surface area contributed by atoms with Gasteiger partial charge in [-0.3, -0.25) is 4.68 Å². The standard InChI is InChI=1S/C18H19F2N5/c1-12-8-16(14-2-3-15(19)17(20)18(14)23-12)24-6-4-13(5-7-24)9-25-11-21-10-22-25/h2-3,8,10-11,13H,4-7,9H2,1H3. The summed E-state index contributed by atoms with van der Waals surface area (Å²) in [4.78, 5) is 10.4. The van der Waals surface area contributed by atoms with E-state index in [0.717, 1.165) is 38.2 Å². The van der Waals surface area contributed by atoms with E-state index in [0.29, 0.717) is 17.0 Å². The molecule has 0 spiro atoms. The molecule has 25 heavy (non-hydrogen) atoms. The molecular weight excluding hydrogens is 324 g/mol. The number of aromatic nitrogens is 4. The van der Waals surface area contributed by atoms with Crippen LogP contribution in [0.4, 0.5) is 14.5 Å². The Morgan fingerprint density at radius 2 is 2.00 bits per heavy atom. The third kappa shape index (κ3) is 3.06. The summed E-state index contributed by atoms with van der Waals surface area (Å²) in [5.74, 6) is -1.19. The second-order valence-corrected chi connectivity index (χ2v) is 6.59. The Labute approximate surface area is 144 Å². The van der Waals surface area contributed by atoms with Gasteiger partial charge in [-0.05, 0) is 43.9 Å². The number of piperidine rings is 1. The van der Waals surface area contributed by atoms with E-state index in [1.807, 2.05) is 17.7 Å². The summed E-state index contributed by atoms with van der Waals surface area (Å²) in [6.45, 7) is 4.42. The third-order valence-corrected chi connectivity index (χ3v) is 4.85. The Kier molecular flexibility index (Phi) is 4.07. The predicted molar refractivity (Wildman–Crippen MR) is 91.4 cm³/mol. The van der Waals surface area contributed by atoms with Gasteiger partial charge in [-0.1, -0.05) is 0 Å². The summed E-state index contributed by atoms with van der Waals surface area (Å²) in [5.41, 5.74) is 1.73. The van der Waals surface area contributed by atoms with Crippen molar-refractivity contribution in [3.05, 3.63) is 48.2 Å². The maximum absolute atomic E-state index is 14.1. The second kappa shape index (κ2) is 6.38. The van der Waals surface area contributed by atoms with E-state index in [1.165, 1.54) is 6.07 Å². The number of halogens is 2. The van der Waals surface area contributed by atoms with E-state index in [9.17, 15) is 8.78 Å². The number of aryl methyl sites for hydroxylation is 1. The summed E-state index contributed by atoms with van der Waals surface area (Å²) >= 11 is 0. The van der Waals surface area contributed by atoms with Crippen molar-refractivity contribution in [2.45, 2.75) is 26.3 Å². The Morgan fingerprint density at radius 1 is 1.20 bits per heavy atom. The van der Waals surface area contributed by atoms with Gasteiger partial charge >= 0.3 is 0 Å². The van der Waals surface area contributed by atoms with E-state index in [-0.39, 0.29) is 5.52 Å². The maximum atomic E-state index is 14.1. The molecule has 0 atom stereocenters. The quantitative estimate of drug-likeness (QED) is 0.732. The zero-order valence-corrected chi connectivity index (χ0v) is 14.0. The molecule has 4 rings (SSSR count). The van der Waals surface area contributed by atoms with Crippen LogP contribution in [0, 0.1) is 24.5 Å². The number of rotatable bonds is 3. The van der Waals surface area contributed by atoms with Gasteiger partial charge in [0.1, 0.15) is 18.2 Å². The summed E-state index contributed by atoms with van der Waals surface area (Å²) in [6, 6.07) is 4.75. The molecule has 0 aliphatic carbocycles. The van der Waals surface area contributed by atoms with Crippen LogP contribution in [0.1, 0.15) is 18.5 Å². The van der Waals surface area contributed by atoms with Crippen LogP contribution in [0.25, 0.3) is 10.9 Å². The molecule has 1 aliphatic heterocycles. The number of anilines is 1. The van der Waals surface area contributed by atoms with E-state index in [4.69, 9.17) is 0 Å². The molecule has 1 aliphatic rings. The van der Waals surface area contributed by atoms with Crippen LogP contribution in [-0.4, -0.2) is 32.8 Å². The molecule has 0 saturated carbocycles. The molecule has 0 radical (unpaired) electrons. The highest BCUT2D eigenvalue weighted by Gasteiger charge is 2.23. The van der Waals surface area contributed by atoms with Crippen LogP contribution in [0.2, 0.25) is 0 Å².